The van der Waals surface area contributed by atoms with Crippen molar-refractivity contribution in [2.75, 3.05) is 30.3 Å². The molecule has 4 heterocycles. The van der Waals surface area contributed by atoms with Crippen molar-refractivity contribution in [3.05, 3.63) is 90.1 Å². The zero-order chi connectivity index (χ0) is 25.6. The van der Waals surface area contributed by atoms with Crippen LogP contribution in [0.15, 0.2) is 73.3 Å². The van der Waals surface area contributed by atoms with Crippen LogP contribution in [-0.2, 0) is 0 Å². The van der Waals surface area contributed by atoms with Gasteiger partial charge in [0.25, 0.3) is 5.91 Å². The molecule has 5 rings (SSSR count). The molecule has 1 saturated heterocycles. The van der Waals surface area contributed by atoms with Gasteiger partial charge in [0.1, 0.15) is 0 Å². The van der Waals surface area contributed by atoms with Crippen LogP contribution in [0.25, 0.3) is 11.3 Å². The van der Waals surface area contributed by atoms with Crippen LogP contribution in [0.4, 0.5) is 17.3 Å². The van der Waals surface area contributed by atoms with Crippen molar-refractivity contribution in [3.63, 3.8) is 0 Å². The van der Waals surface area contributed by atoms with Gasteiger partial charge in [0, 0.05) is 29.7 Å². The molecule has 1 fully saturated rings. The van der Waals surface area contributed by atoms with E-state index in [-0.39, 0.29) is 5.91 Å². The van der Waals surface area contributed by atoms with Crippen LogP contribution in [0, 0.1) is 6.92 Å². The minimum Gasteiger partial charge on any atom is -0.322 e. The number of aryl methyl sites for hydroxylation is 1. The number of aromatic nitrogens is 4. The number of nitrogens with one attached hydrogen (secondary N) is 2. The third-order valence-corrected chi connectivity index (χ3v) is 6.88. The minimum absolute atomic E-state index is 0.168. The van der Waals surface area contributed by atoms with Crippen molar-refractivity contribution in [3.8, 4) is 11.3 Å². The van der Waals surface area contributed by atoms with Crippen LogP contribution in [0.1, 0.15) is 47.3 Å². The van der Waals surface area contributed by atoms with E-state index in [9.17, 15) is 4.79 Å². The van der Waals surface area contributed by atoms with Gasteiger partial charge < -0.3 is 15.5 Å². The number of carbonyl (C=O) groups excluding carboxylic acids is 1. The number of likely N-dealkylation sites (tertiary alicyclic amines) is 1. The topological polar surface area (TPSA) is 95.9 Å². The lowest BCUT2D eigenvalue weighted by Gasteiger charge is -2.31. The third-order valence-electron chi connectivity index (χ3n) is 6.88. The van der Waals surface area contributed by atoms with Crippen molar-refractivity contribution < 1.29 is 4.79 Å². The number of hydrogen-bond acceptors (Lipinski definition) is 7. The minimum atomic E-state index is -0.168. The molecule has 8 heteroatoms. The van der Waals surface area contributed by atoms with Crippen molar-refractivity contribution >= 4 is 23.2 Å². The Morgan fingerprint density at radius 3 is 2.57 bits per heavy atom. The lowest BCUT2D eigenvalue weighted by Crippen LogP contribution is -2.32. The number of benzene rings is 1. The van der Waals surface area contributed by atoms with Gasteiger partial charge in [0.15, 0.2) is 0 Å². The van der Waals surface area contributed by atoms with E-state index in [1.54, 1.807) is 24.8 Å². The normalized spacial score (nSPS) is 14.3. The molecule has 1 amide bonds. The van der Waals surface area contributed by atoms with Gasteiger partial charge in [-0.15, -0.1) is 0 Å². The van der Waals surface area contributed by atoms with Crippen LogP contribution in [-0.4, -0.2) is 50.4 Å². The highest BCUT2D eigenvalue weighted by molar-refractivity contribution is 6.04. The summed E-state index contributed by atoms with van der Waals surface area (Å²) in [5.74, 6) is 0.836. The van der Waals surface area contributed by atoms with E-state index in [1.165, 1.54) is 18.4 Å². The molecule has 1 aromatic carbocycles. The second kappa shape index (κ2) is 11.3. The number of pyridine rings is 2. The van der Waals surface area contributed by atoms with E-state index in [4.69, 9.17) is 0 Å². The predicted molar refractivity (Wildman–Crippen MR) is 146 cm³/mol. The molecule has 0 saturated carbocycles. The fourth-order valence-corrected chi connectivity index (χ4v) is 4.63. The molecular formula is C29H31N7O. The van der Waals surface area contributed by atoms with Gasteiger partial charge in [-0.05, 0) is 87.3 Å². The summed E-state index contributed by atoms with van der Waals surface area (Å²) >= 11 is 0. The Morgan fingerprint density at radius 2 is 1.84 bits per heavy atom. The van der Waals surface area contributed by atoms with Crippen LogP contribution in [0.3, 0.4) is 0 Å². The fraction of sp³-hybridized carbons (Fsp3) is 0.276. The van der Waals surface area contributed by atoms with Gasteiger partial charge >= 0.3 is 0 Å². The zero-order valence-corrected chi connectivity index (χ0v) is 21.2. The maximum Gasteiger partial charge on any atom is 0.255 e. The Labute approximate surface area is 217 Å². The summed E-state index contributed by atoms with van der Waals surface area (Å²) < 4.78 is 0. The molecule has 8 nitrogen and oxygen atoms in total. The highest BCUT2D eigenvalue weighted by Crippen LogP contribution is 2.28. The van der Waals surface area contributed by atoms with Gasteiger partial charge in [-0.2, -0.15) is 0 Å². The first-order valence-corrected chi connectivity index (χ1v) is 12.7. The summed E-state index contributed by atoms with van der Waals surface area (Å²) in [5.41, 5.74) is 5.68. The number of nitrogens with zero attached hydrogens (tertiary/aromatic N) is 5. The first-order valence-electron chi connectivity index (χ1n) is 12.7. The Bertz CT molecular complexity index is 1350. The molecule has 1 aliphatic rings. The maximum atomic E-state index is 12.9. The van der Waals surface area contributed by atoms with Crippen LogP contribution < -0.4 is 10.6 Å². The van der Waals surface area contributed by atoms with Gasteiger partial charge in [0.2, 0.25) is 5.95 Å². The Morgan fingerprint density at radius 1 is 1.03 bits per heavy atom. The van der Waals surface area contributed by atoms with E-state index >= 15 is 0 Å². The van der Waals surface area contributed by atoms with Crippen LogP contribution >= 0.6 is 0 Å². The monoisotopic (exact) mass is 493 g/mol. The number of amides is 1. The zero-order valence-electron chi connectivity index (χ0n) is 21.2. The third kappa shape index (κ3) is 5.98. The van der Waals surface area contributed by atoms with E-state index in [0.717, 1.165) is 42.3 Å². The number of piperidine rings is 1. The molecule has 37 heavy (non-hydrogen) atoms. The van der Waals surface area contributed by atoms with E-state index in [0.29, 0.717) is 23.1 Å². The lowest BCUT2D eigenvalue weighted by atomic mass is 9.89. The smallest absolute Gasteiger partial charge is 0.255 e. The Balaban J connectivity index is 1.25. The number of carbonyl (C=O) groups is 1. The van der Waals surface area contributed by atoms with Crippen molar-refractivity contribution in [1.82, 2.24) is 24.8 Å². The number of anilines is 3. The second-order valence-corrected chi connectivity index (χ2v) is 9.27. The summed E-state index contributed by atoms with van der Waals surface area (Å²) in [6.45, 7) is 7.49. The highest BCUT2D eigenvalue weighted by atomic mass is 16.1. The average molecular weight is 494 g/mol. The largest absolute Gasteiger partial charge is 0.322 e. The van der Waals surface area contributed by atoms with Crippen LogP contribution in [0.5, 0.6) is 0 Å². The highest BCUT2D eigenvalue weighted by Gasteiger charge is 2.20. The molecule has 2 N–H and O–H groups in total. The molecule has 0 atom stereocenters. The lowest BCUT2D eigenvalue weighted by molar-refractivity contribution is 0.102. The van der Waals surface area contributed by atoms with Crippen molar-refractivity contribution in [1.29, 1.82) is 0 Å². The van der Waals surface area contributed by atoms with E-state index in [1.807, 2.05) is 43.3 Å². The molecule has 0 aliphatic carbocycles. The average Bonchev–Trinajstić information content (AvgIpc) is 2.95. The summed E-state index contributed by atoms with van der Waals surface area (Å²) in [6.07, 6.45) is 9.17. The summed E-state index contributed by atoms with van der Waals surface area (Å²) in [7, 11) is 0. The quantitative estimate of drug-likeness (QED) is 0.354. The molecule has 0 bridgehead atoms. The summed E-state index contributed by atoms with van der Waals surface area (Å²) in [6, 6.07) is 15.5. The molecule has 188 valence electrons. The van der Waals surface area contributed by atoms with Crippen molar-refractivity contribution in [2.24, 2.45) is 0 Å². The molecule has 1 aliphatic heterocycles. The van der Waals surface area contributed by atoms with Gasteiger partial charge in [-0.25, -0.2) is 9.97 Å². The summed E-state index contributed by atoms with van der Waals surface area (Å²) in [4.78, 5) is 33.0. The Kier molecular flexibility index (Phi) is 7.46. The molecule has 4 aromatic rings. The van der Waals surface area contributed by atoms with Gasteiger partial charge in [-0.3, -0.25) is 14.8 Å². The number of hydrogen-bond donors (Lipinski definition) is 2. The molecule has 0 unspecified atom stereocenters. The second-order valence-electron chi connectivity index (χ2n) is 9.27. The molecule has 0 spiro atoms. The fourth-order valence-electron chi connectivity index (χ4n) is 4.63. The predicted octanol–water partition coefficient (Wildman–Crippen LogP) is 5.44. The van der Waals surface area contributed by atoms with Crippen molar-refractivity contribution in [2.45, 2.75) is 32.6 Å². The Hall–Kier alpha value is -4.17. The SMILES string of the molecule is CCN1CCC(c2ccc(C(=O)Nc3cnc(C)c(Nc4nccc(-c5cccnc5)n4)c3)cc2)CC1. The van der Waals surface area contributed by atoms with E-state index < -0.39 is 0 Å². The first-order chi connectivity index (χ1) is 18.1. The van der Waals surface area contributed by atoms with Crippen LogP contribution in [0.2, 0.25) is 0 Å². The first kappa shape index (κ1) is 24.5. The summed E-state index contributed by atoms with van der Waals surface area (Å²) in [5, 5.41) is 6.19. The van der Waals surface area contributed by atoms with Gasteiger partial charge in [-0.1, -0.05) is 19.1 Å². The molecule has 3 aromatic heterocycles. The molecule has 0 radical (unpaired) electrons. The van der Waals surface area contributed by atoms with Gasteiger partial charge in [0.05, 0.1) is 29.0 Å². The maximum absolute atomic E-state index is 12.9. The number of rotatable bonds is 7. The standard InChI is InChI=1S/C29H31N7O/c1-3-36-15-11-22(12-16-36)21-6-8-23(9-7-21)28(37)33-25-17-27(20(2)32-19-25)35-29-31-14-10-26(34-29)24-5-4-13-30-18-24/h4-10,13-14,17-19,22H,3,11-12,15-16H2,1-2H3,(H,33,37)(H,31,34,35). The molecular weight excluding hydrogens is 462 g/mol. The van der Waals surface area contributed by atoms with E-state index in [2.05, 4.69) is 54.5 Å².